The predicted molar refractivity (Wildman–Crippen MR) is 108 cm³/mol. The van der Waals surface area contributed by atoms with Crippen LogP contribution >= 0.6 is 0 Å². The summed E-state index contributed by atoms with van der Waals surface area (Å²) in [5, 5.41) is 8.56. The van der Waals surface area contributed by atoms with Crippen molar-refractivity contribution in [3.63, 3.8) is 0 Å². The van der Waals surface area contributed by atoms with Gasteiger partial charge >= 0.3 is 0 Å². The lowest BCUT2D eigenvalue weighted by Crippen LogP contribution is -2.22. The molecule has 2 aromatic carbocycles. The number of carbonyl (C=O) groups is 2. The van der Waals surface area contributed by atoms with E-state index in [0.29, 0.717) is 36.3 Å². The molecule has 1 aromatic heterocycles. The fourth-order valence-electron chi connectivity index (χ4n) is 2.86. The highest BCUT2D eigenvalue weighted by molar-refractivity contribution is 6.04. The summed E-state index contributed by atoms with van der Waals surface area (Å²) in [5.74, 6) is -0.451. The van der Waals surface area contributed by atoms with Crippen molar-refractivity contribution in [2.45, 2.75) is 19.8 Å². The molecule has 0 aliphatic heterocycles. The van der Waals surface area contributed by atoms with E-state index in [-0.39, 0.29) is 23.1 Å². The van der Waals surface area contributed by atoms with Crippen molar-refractivity contribution in [1.29, 1.82) is 0 Å². The Labute approximate surface area is 162 Å². The number of para-hydroxylation sites is 1. The van der Waals surface area contributed by atoms with Gasteiger partial charge in [0.2, 0.25) is 5.91 Å². The van der Waals surface area contributed by atoms with Gasteiger partial charge in [-0.05, 0) is 37.1 Å². The summed E-state index contributed by atoms with van der Waals surface area (Å²) < 4.78 is 1.41. The third kappa shape index (κ3) is 4.56. The summed E-state index contributed by atoms with van der Waals surface area (Å²) in [6.07, 6.45) is 1.13. The number of hydrogen-bond donors (Lipinski definition) is 3. The molecule has 0 unspecified atom stereocenters. The average Bonchev–Trinajstić information content (AvgIpc) is 3.02. The number of anilines is 1. The quantitative estimate of drug-likeness (QED) is 0.551. The molecule has 7 nitrogen and oxygen atoms in total. The fourth-order valence-corrected chi connectivity index (χ4v) is 2.86. The Bertz CT molecular complexity index is 1010. The van der Waals surface area contributed by atoms with Crippen LogP contribution < -0.4 is 16.2 Å². The van der Waals surface area contributed by atoms with Gasteiger partial charge in [-0.1, -0.05) is 36.4 Å². The number of hydrogen-bond acceptors (Lipinski definition) is 3. The van der Waals surface area contributed by atoms with Gasteiger partial charge in [0.1, 0.15) is 5.69 Å². The van der Waals surface area contributed by atoms with Crippen LogP contribution in [-0.2, 0) is 11.2 Å². The van der Waals surface area contributed by atoms with E-state index in [1.54, 1.807) is 24.3 Å². The summed E-state index contributed by atoms with van der Waals surface area (Å²) in [4.78, 5) is 36.5. The van der Waals surface area contributed by atoms with Crippen LogP contribution in [0.25, 0.3) is 5.69 Å². The van der Waals surface area contributed by atoms with E-state index in [4.69, 9.17) is 0 Å². The summed E-state index contributed by atoms with van der Waals surface area (Å²) in [6.45, 7) is 1.94. The Morgan fingerprint density at radius 3 is 2.29 bits per heavy atom. The van der Waals surface area contributed by atoms with Crippen molar-refractivity contribution in [1.82, 2.24) is 15.1 Å². The van der Waals surface area contributed by atoms with Crippen molar-refractivity contribution in [2.75, 3.05) is 11.9 Å². The van der Waals surface area contributed by atoms with Gasteiger partial charge in [-0.2, -0.15) is 0 Å². The van der Waals surface area contributed by atoms with Gasteiger partial charge in [-0.15, -0.1) is 0 Å². The summed E-state index contributed by atoms with van der Waals surface area (Å²) >= 11 is 0. The standard InChI is InChI=1S/C21H22N4O3/c1-15(26)22-14-8-13-18-19(23-20(27)16-9-4-2-5-10-16)21(28)25(24-18)17-11-6-3-7-12-17/h2-7,9-12,24H,8,13-14H2,1H3,(H,22,26)(H,23,27). The Balaban J connectivity index is 1.89. The molecule has 144 valence electrons. The van der Waals surface area contributed by atoms with Crippen LogP contribution in [0.1, 0.15) is 29.4 Å². The van der Waals surface area contributed by atoms with Crippen molar-refractivity contribution in [2.24, 2.45) is 0 Å². The lowest BCUT2D eigenvalue weighted by molar-refractivity contribution is -0.118. The van der Waals surface area contributed by atoms with E-state index >= 15 is 0 Å². The van der Waals surface area contributed by atoms with Crippen LogP contribution in [-0.4, -0.2) is 28.1 Å². The smallest absolute Gasteiger partial charge is 0.295 e. The molecular formula is C21H22N4O3. The van der Waals surface area contributed by atoms with E-state index in [2.05, 4.69) is 15.7 Å². The van der Waals surface area contributed by atoms with Gasteiger partial charge in [0.05, 0.1) is 11.4 Å². The summed E-state index contributed by atoms with van der Waals surface area (Å²) in [7, 11) is 0. The molecule has 0 aliphatic rings. The zero-order valence-corrected chi connectivity index (χ0v) is 15.6. The molecule has 3 rings (SSSR count). The topological polar surface area (TPSA) is 96.0 Å². The van der Waals surface area contributed by atoms with E-state index < -0.39 is 0 Å². The van der Waals surface area contributed by atoms with Crippen molar-refractivity contribution in [3.05, 3.63) is 82.3 Å². The van der Waals surface area contributed by atoms with Crippen LogP contribution in [0.3, 0.4) is 0 Å². The summed E-state index contributed by atoms with van der Waals surface area (Å²) in [6, 6.07) is 17.9. The molecule has 0 spiro atoms. The molecule has 0 saturated carbocycles. The highest BCUT2D eigenvalue weighted by Crippen LogP contribution is 2.15. The minimum atomic E-state index is -0.347. The van der Waals surface area contributed by atoms with Crippen molar-refractivity contribution in [3.8, 4) is 5.69 Å². The molecule has 1 heterocycles. The van der Waals surface area contributed by atoms with E-state index in [9.17, 15) is 14.4 Å². The number of aromatic amines is 1. The SMILES string of the molecule is CC(=O)NCCCc1[nH]n(-c2ccccc2)c(=O)c1NC(=O)c1ccccc1. The molecule has 0 fully saturated rings. The monoisotopic (exact) mass is 378 g/mol. The average molecular weight is 378 g/mol. The van der Waals surface area contributed by atoms with Crippen LogP contribution in [0.15, 0.2) is 65.5 Å². The normalized spacial score (nSPS) is 10.5. The number of amides is 2. The van der Waals surface area contributed by atoms with E-state index in [1.807, 2.05) is 36.4 Å². The first kappa shape index (κ1) is 19.2. The minimum absolute atomic E-state index is 0.104. The zero-order valence-electron chi connectivity index (χ0n) is 15.6. The lowest BCUT2D eigenvalue weighted by atomic mass is 10.2. The molecule has 2 amide bonds. The Kier molecular flexibility index (Phi) is 6.06. The van der Waals surface area contributed by atoms with Gasteiger partial charge in [-0.3, -0.25) is 19.5 Å². The van der Waals surface area contributed by atoms with Crippen molar-refractivity contribution >= 4 is 17.5 Å². The molecule has 0 bridgehead atoms. The number of nitrogens with zero attached hydrogens (tertiary/aromatic N) is 1. The first-order valence-corrected chi connectivity index (χ1v) is 9.06. The molecule has 3 aromatic rings. The minimum Gasteiger partial charge on any atom is -0.356 e. The third-order valence-electron chi connectivity index (χ3n) is 4.23. The molecule has 28 heavy (non-hydrogen) atoms. The molecule has 0 atom stereocenters. The first-order valence-electron chi connectivity index (χ1n) is 9.06. The molecule has 0 saturated heterocycles. The fraction of sp³-hybridized carbons (Fsp3) is 0.190. The second-order valence-corrected chi connectivity index (χ2v) is 6.35. The highest BCUT2D eigenvalue weighted by atomic mass is 16.2. The summed E-state index contributed by atoms with van der Waals surface area (Å²) in [5.41, 5.74) is 1.66. The van der Waals surface area contributed by atoms with Gasteiger partial charge in [0.25, 0.3) is 11.5 Å². The van der Waals surface area contributed by atoms with Gasteiger partial charge in [0, 0.05) is 19.0 Å². The predicted octanol–water partition coefficient (Wildman–Crippen LogP) is 2.49. The van der Waals surface area contributed by atoms with E-state index in [0.717, 1.165) is 0 Å². The van der Waals surface area contributed by atoms with Crippen LogP contribution in [0.4, 0.5) is 5.69 Å². The second-order valence-electron chi connectivity index (χ2n) is 6.35. The largest absolute Gasteiger partial charge is 0.356 e. The van der Waals surface area contributed by atoms with Gasteiger partial charge < -0.3 is 10.6 Å². The first-order chi connectivity index (χ1) is 13.6. The van der Waals surface area contributed by atoms with Gasteiger partial charge in [-0.25, -0.2) is 4.68 Å². The molecular weight excluding hydrogens is 356 g/mol. The number of carbonyl (C=O) groups excluding carboxylic acids is 2. The number of rotatable bonds is 7. The second kappa shape index (κ2) is 8.85. The molecule has 0 aliphatic carbocycles. The Morgan fingerprint density at radius 2 is 1.64 bits per heavy atom. The van der Waals surface area contributed by atoms with Crippen LogP contribution in [0.2, 0.25) is 0 Å². The molecule has 7 heteroatoms. The number of aromatic nitrogens is 2. The Hall–Kier alpha value is -3.61. The van der Waals surface area contributed by atoms with Gasteiger partial charge in [0.15, 0.2) is 0 Å². The van der Waals surface area contributed by atoms with Crippen LogP contribution in [0.5, 0.6) is 0 Å². The number of H-pyrrole nitrogens is 1. The highest BCUT2D eigenvalue weighted by Gasteiger charge is 2.18. The lowest BCUT2D eigenvalue weighted by Gasteiger charge is -2.05. The number of nitrogens with one attached hydrogen (secondary N) is 3. The molecule has 3 N–H and O–H groups in total. The number of benzene rings is 2. The third-order valence-corrected chi connectivity index (χ3v) is 4.23. The van der Waals surface area contributed by atoms with E-state index in [1.165, 1.54) is 11.6 Å². The maximum Gasteiger partial charge on any atom is 0.295 e. The Morgan fingerprint density at radius 1 is 1.00 bits per heavy atom. The maximum absolute atomic E-state index is 12.9. The zero-order chi connectivity index (χ0) is 19.9. The number of aryl methyl sites for hydroxylation is 1. The molecule has 0 radical (unpaired) electrons. The maximum atomic E-state index is 12.9. The van der Waals surface area contributed by atoms with Crippen molar-refractivity contribution < 1.29 is 9.59 Å². The van der Waals surface area contributed by atoms with Crippen LogP contribution in [0, 0.1) is 0 Å².